The molecule has 0 saturated heterocycles. The monoisotopic (exact) mass is 194 g/mol. The molecule has 4 N–H and O–H groups in total. The van der Waals surface area contributed by atoms with E-state index >= 15 is 0 Å². The van der Waals surface area contributed by atoms with Crippen LogP contribution in [0.1, 0.15) is 19.4 Å². The minimum atomic E-state index is -0.576. The van der Waals surface area contributed by atoms with Crippen LogP contribution in [0.25, 0.3) is 0 Å². The van der Waals surface area contributed by atoms with Crippen molar-refractivity contribution >= 4 is 5.91 Å². The zero-order chi connectivity index (χ0) is 11.0. The Bertz CT molecular complexity index is 259. The second-order valence-corrected chi connectivity index (χ2v) is 2.70. The predicted octanol–water partition coefficient (Wildman–Crippen LogP) is 1.07. The SMILES string of the molecule is CC.NC(=O)C(N)Cc1ccccc1. The summed E-state index contributed by atoms with van der Waals surface area (Å²) in [4.78, 5) is 10.6. The van der Waals surface area contributed by atoms with Crippen LogP contribution in [0.3, 0.4) is 0 Å². The number of hydrogen-bond donors (Lipinski definition) is 2. The summed E-state index contributed by atoms with van der Waals surface area (Å²) in [5, 5.41) is 0. The normalized spacial score (nSPS) is 11.1. The highest BCUT2D eigenvalue weighted by molar-refractivity contribution is 5.79. The molecule has 3 heteroatoms. The summed E-state index contributed by atoms with van der Waals surface area (Å²) in [6, 6.07) is 8.99. The molecule has 14 heavy (non-hydrogen) atoms. The van der Waals surface area contributed by atoms with Crippen LogP contribution in [0.4, 0.5) is 0 Å². The second-order valence-electron chi connectivity index (χ2n) is 2.70. The molecule has 0 saturated carbocycles. The highest BCUT2D eigenvalue weighted by Gasteiger charge is 2.08. The van der Waals surface area contributed by atoms with Gasteiger partial charge in [-0.25, -0.2) is 0 Å². The van der Waals surface area contributed by atoms with Crippen LogP contribution in [0.5, 0.6) is 0 Å². The van der Waals surface area contributed by atoms with Gasteiger partial charge in [0.05, 0.1) is 6.04 Å². The fourth-order valence-corrected chi connectivity index (χ4v) is 0.969. The molecule has 1 atom stereocenters. The van der Waals surface area contributed by atoms with E-state index in [0.29, 0.717) is 6.42 Å². The quantitative estimate of drug-likeness (QED) is 0.755. The van der Waals surface area contributed by atoms with Gasteiger partial charge < -0.3 is 11.5 Å². The zero-order valence-electron chi connectivity index (χ0n) is 8.73. The van der Waals surface area contributed by atoms with E-state index in [2.05, 4.69) is 0 Å². The fourth-order valence-electron chi connectivity index (χ4n) is 0.969. The first kappa shape index (κ1) is 12.7. The van der Waals surface area contributed by atoms with Gasteiger partial charge in [0.1, 0.15) is 0 Å². The van der Waals surface area contributed by atoms with Crippen molar-refractivity contribution in [2.24, 2.45) is 11.5 Å². The molecule has 3 nitrogen and oxygen atoms in total. The summed E-state index contributed by atoms with van der Waals surface area (Å²) in [5.74, 6) is -0.459. The number of amides is 1. The van der Waals surface area contributed by atoms with Gasteiger partial charge in [-0.1, -0.05) is 44.2 Å². The van der Waals surface area contributed by atoms with E-state index in [1.54, 1.807) is 0 Å². The lowest BCUT2D eigenvalue weighted by atomic mass is 10.1. The highest BCUT2D eigenvalue weighted by Crippen LogP contribution is 2.00. The van der Waals surface area contributed by atoms with E-state index in [0.717, 1.165) is 5.56 Å². The molecule has 0 aromatic heterocycles. The van der Waals surface area contributed by atoms with Gasteiger partial charge in [0.25, 0.3) is 0 Å². The average Bonchev–Trinajstić information content (AvgIpc) is 2.22. The van der Waals surface area contributed by atoms with Gasteiger partial charge in [0.15, 0.2) is 0 Å². The van der Waals surface area contributed by atoms with E-state index in [-0.39, 0.29) is 0 Å². The first-order valence-electron chi connectivity index (χ1n) is 4.79. The third-order valence-corrected chi connectivity index (χ3v) is 1.66. The lowest BCUT2D eigenvalue weighted by Crippen LogP contribution is -2.38. The molecule has 0 aliphatic rings. The van der Waals surface area contributed by atoms with Gasteiger partial charge in [0.2, 0.25) is 5.91 Å². The zero-order valence-corrected chi connectivity index (χ0v) is 8.73. The molecule has 0 heterocycles. The topological polar surface area (TPSA) is 69.1 Å². The maximum Gasteiger partial charge on any atom is 0.234 e. The van der Waals surface area contributed by atoms with Crippen LogP contribution in [0.15, 0.2) is 30.3 Å². The van der Waals surface area contributed by atoms with Gasteiger partial charge >= 0.3 is 0 Å². The Morgan fingerprint density at radius 2 is 1.79 bits per heavy atom. The molecule has 78 valence electrons. The molecule has 1 unspecified atom stereocenters. The highest BCUT2D eigenvalue weighted by atomic mass is 16.1. The van der Waals surface area contributed by atoms with E-state index < -0.39 is 11.9 Å². The molecule has 1 aromatic rings. The van der Waals surface area contributed by atoms with E-state index in [1.165, 1.54) is 0 Å². The van der Waals surface area contributed by atoms with Crippen molar-refractivity contribution in [3.05, 3.63) is 35.9 Å². The van der Waals surface area contributed by atoms with Crippen molar-refractivity contribution in [3.63, 3.8) is 0 Å². The Morgan fingerprint density at radius 3 is 2.21 bits per heavy atom. The van der Waals surface area contributed by atoms with Crippen molar-refractivity contribution in [3.8, 4) is 0 Å². The fraction of sp³-hybridized carbons (Fsp3) is 0.364. The van der Waals surface area contributed by atoms with Crippen LogP contribution < -0.4 is 11.5 Å². The summed E-state index contributed by atoms with van der Waals surface area (Å²) >= 11 is 0. The summed E-state index contributed by atoms with van der Waals surface area (Å²) in [7, 11) is 0. The standard InChI is InChI=1S/C9H12N2O.C2H6/c10-8(9(11)12)6-7-4-2-1-3-5-7;1-2/h1-5,8H,6,10H2,(H2,11,12);1-2H3. The third-order valence-electron chi connectivity index (χ3n) is 1.66. The smallest absolute Gasteiger partial charge is 0.234 e. The van der Waals surface area contributed by atoms with E-state index in [1.807, 2.05) is 44.2 Å². The summed E-state index contributed by atoms with van der Waals surface area (Å²) in [6.45, 7) is 4.00. The first-order chi connectivity index (χ1) is 6.70. The molecule has 1 rings (SSSR count). The molecular formula is C11H18N2O. The van der Waals surface area contributed by atoms with Crippen LogP contribution >= 0.6 is 0 Å². The van der Waals surface area contributed by atoms with Crippen molar-refractivity contribution in [1.82, 2.24) is 0 Å². The second kappa shape index (κ2) is 7.09. The maximum absolute atomic E-state index is 10.6. The van der Waals surface area contributed by atoms with Crippen LogP contribution in [0, 0.1) is 0 Å². The Kier molecular flexibility index (Phi) is 6.41. The van der Waals surface area contributed by atoms with Crippen LogP contribution in [0.2, 0.25) is 0 Å². The third kappa shape index (κ3) is 4.62. The minimum Gasteiger partial charge on any atom is -0.368 e. The molecule has 1 aromatic carbocycles. The van der Waals surface area contributed by atoms with E-state index in [4.69, 9.17) is 11.5 Å². The number of nitrogens with two attached hydrogens (primary N) is 2. The van der Waals surface area contributed by atoms with Gasteiger partial charge in [-0.05, 0) is 12.0 Å². The molecular weight excluding hydrogens is 176 g/mol. The molecule has 0 aliphatic heterocycles. The molecule has 0 bridgehead atoms. The predicted molar refractivity (Wildman–Crippen MR) is 58.7 cm³/mol. The lowest BCUT2D eigenvalue weighted by Gasteiger charge is -2.06. The molecule has 0 radical (unpaired) electrons. The summed E-state index contributed by atoms with van der Waals surface area (Å²) in [6.07, 6.45) is 0.510. The molecule has 0 aliphatic carbocycles. The number of benzene rings is 1. The maximum atomic E-state index is 10.6. The number of primary amides is 1. The van der Waals surface area contributed by atoms with Crippen molar-refractivity contribution in [2.75, 3.05) is 0 Å². The number of carbonyl (C=O) groups excluding carboxylic acids is 1. The lowest BCUT2D eigenvalue weighted by molar-refractivity contribution is -0.119. The summed E-state index contributed by atoms with van der Waals surface area (Å²) < 4.78 is 0. The van der Waals surface area contributed by atoms with Gasteiger partial charge in [-0.3, -0.25) is 4.79 Å². The van der Waals surface area contributed by atoms with Gasteiger partial charge in [0, 0.05) is 0 Å². The average molecular weight is 194 g/mol. The molecule has 0 spiro atoms. The summed E-state index contributed by atoms with van der Waals surface area (Å²) in [5.41, 5.74) is 11.5. The molecule has 0 fully saturated rings. The Labute approximate surface area is 85.1 Å². The van der Waals surface area contributed by atoms with Crippen LogP contribution in [-0.4, -0.2) is 11.9 Å². The Hall–Kier alpha value is -1.35. The van der Waals surface area contributed by atoms with Crippen molar-refractivity contribution in [2.45, 2.75) is 26.3 Å². The largest absolute Gasteiger partial charge is 0.368 e. The minimum absolute atomic E-state index is 0.459. The Morgan fingerprint density at radius 1 is 1.29 bits per heavy atom. The number of rotatable bonds is 3. The van der Waals surface area contributed by atoms with E-state index in [9.17, 15) is 4.79 Å². The van der Waals surface area contributed by atoms with Gasteiger partial charge in [-0.15, -0.1) is 0 Å². The Balaban J connectivity index is 0.000000791. The first-order valence-corrected chi connectivity index (χ1v) is 4.79. The number of hydrogen-bond acceptors (Lipinski definition) is 2. The number of carbonyl (C=O) groups is 1. The van der Waals surface area contributed by atoms with Crippen molar-refractivity contribution in [1.29, 1.82) is 0 Å². The van der Waals surface area contributed by atoms with Crippen molar-refractivity contribution < 1.29 is 4.79 Å². The van der Waals surface area contributed by atoms with Crippen LogP contribution in [-0.2, 0) is 11.2 Å². The molecule has 1 amide bonds. The van der Waals surface area contributed by atoms with Gasteiger partial charge in [-0.2, -0.15) is 0 Å².